The quantitative estimate of drug-likeness (QED) is 0.606. The number of hydrogen-bond acceptors (Lipinski definition) is 3. The van der Waals surface area contributed by atoms with Gasteiger partial charge in [0.15, 0.2) is 0 Å². The molecule has 1 atom stereocenters. The Bertz CT molecular complexity index is 867. The summed E-state index contributed by atoms with van der Waals surface area (Å²) in [4.78, 5) is 26.4. The molecule has 0 saturated carbocycles. The van der Waals surface area contributed by atoms with Gasteiger partial charge in [0.2, 0.25) is 5.91 Å². The highest BCUT2D eigenvalue weighted by atomic mass is 35.5. The Labute approximate surface area is 177 Å². The lowest BCUT2D eigenvalue weighted by Gasteiger charge is -2.18. The number of amides is 2. The number of hydrogen-bond donors (Lipinski definition) is 1. The van der Waals surface area contributed by atoms with Crippen molar-refractivity contribution in [3.05, 3.63) is 58.6 Å². The molecule has 0 aromatic heterocycles. The predicted octanol–water partition coefficient (Wildman–Crippen LogP) is 4.68. The van der Waals surface area contributed by atoms with Crippen LogP contribution in [-0.4, -0.2) is 25.0 Å². The Kier molecular flexibility index (Phi) is 7.15. The number of anilines is 1. The highest BCUT2D eigenvalue weighted by molar-refractivity contribution is 6.30. The van der Waals surface area contributed by atoms with Crippen molar-refractivity contribution >= 4 is 29.1 Å². The van der Waals surface area contributed by atoms with Crippen molar-refractivity contribution < 1.29 is 14.3 Å². The molecule has 2 aromatic carbocycles. The molecule has 1 unspecified atom stereocenters. The van der Waals surface area contributed by atoms with Crippen LogP contribution in [0.2, 0.25) is 5.02 Å². The lowest BCUT2D eigenvalue weighted by Crippen LogP contribution is -2.37. The largest absolute Gasteiger partial charge is 0.494 e. The molecule has 1 aliphatic heterocycles. The van der Waals surface area contributed by atoms with E-state index in [1.165, 1.54) is 12.5 Å². The number of rotatable bonds is 9. The summed E-state index contributed by atoms with van der Waals surface area (Å²) in [5, 5.41) is 3.47. The fraction of sp³-hybridized carbons (Fsp3) is 0.391. The number of ether oxygens (including phenoxy) is 1. The smallest absolute Gasteiger partial charge is 0.254 e. The lowest BCUT2D eigenvalue weighted by molar-refractivity contribution is -0.126. The van der Waals surface area contributed by atoms with Crippen molar-refractivity contribution in [1.29, 1.82) is 0 Å². The number of nitrogens with one attached hydrogen (secondary N) is 1. The van der Waals surface area contributed by atoms with Crippen LogP contribution in [0.25, 0.3) is 0 Å². The zero-order chi connectivity index (χ0) is 20.8. The van der Waals surface area contributed by atoms with Gasteiger partial charge >= 0.3 is 0 Å². The summed E-state index contributed by atoms with van der Waals surface area (Å²) < 4.78 is 5.73. The number of halogens is 1. The Hall–Kier alpha value is -2.53. The zero-order valence-corrected chi connectivity index (χ0v) is 17.7. The predicted molar refractivity (Wildman–Crippen MR) is 116 cm³/mol. The third-order valence-corrected chi connectivity index (χ3v) is 5.23. The molecule has 0 aliphatic carbocycles. The summed E-state index contributed by atoms with van der Waals surface area (Å²) in [5.41, 5.74) is 2.96. The second-order valence-electron chi connectivity index (χ2n) is 7.28. The van der Waals surface area contributed by atoms with Gasteiger partial charge in [0.25, 0.3) is 5.91 Å². The van der Waals surface area contributed by atoms with Crippen molar-refractivity contribution in [1.82, 2.24) is 5.32 Å². The van der Waals surface area contributed by atoms with E-state index >= 15 is 0 Å². The molecule has 6 heteroatoms. The average Bonchev–Trinajstić information content (AvgIpc) is 2.95. The molecular weight excluding hydrogens is 388 g/mol. The van der Waals surface area contributed by atoms with Gasteiger partial charge in [-0.05, 0) is 55.2 Å². The van der Waals surface area contributed by atoms with Crippen LogP contribution >= 0.6 is 11.6 Å². The van der Waals surface area contributed by atoms with Crippen LogP contribution in [0.4, 0.5) is 5.69 Å². The molecule has 2 aromatic rings. The molecule has 0 saturated heterocycles. The number of unbranched alkanes of at least 4 members (excludes halogenated alkanes) is 1. The van der Waals surface area contributed by atoms with Crippen molar-refractivity contribution in [2.24, 2.45) is 0 Å². The van der Waals surface area contributed by atoms with Gasteiger partial charge < -0.3 is 15.0 Å². The number of fused-ring (bicyclic) bond motifs is 1. The van der Waals surface area contributed by atoms with E-state index in [9.17, 15) is 9.59 Å². The molecule has 29 heavy (non-hydrogen) atoms. The van der Waals surface area contributed by atoms with E-state index in [1.807, 2.05) is 18.2 Å². The minimum absolute atomic E-state index is 0.0886. The fourth-order valence-electron chi connectivity index (χ4n) is 3.54. The molecule has 2 amide bonds. The van der Waals surface area contributed by atoms with Gasteiger partial charge in [-0.1, -0.05) is 37.1 Å². The summed E-state index contributed by atoms with van der Waals surface area (Å²) in [6.45, 7) is 4.62. The van der Waals surface area contributed by atoms with E-state index in [0.29, 0.717) is 24.6 Å². The molecule has 154 valence electrons. The highest BCUT2D eigenvalue weighted by Gasteiger charge is 2.37. The number of nitrogens with zero attached hydrogens (tertiary/aromatic N) is 1. The summed E-state index contributed by atoms with van der Waals surface area (Å²) in [7, 11) is 0. The van der Waals surface area contributed by atoms with Crippen LogP contribution in [0.15, 0.2) is 42.5 Å². The number of aryl methyl sites for hydroxylation is 1. The van der Waals surface area contributed by atoms with E-state index < -0.39 is 6.04 Å². The molecule has 3 rings (SSSR count). The van der Waals surface area contributed by atoms with E-state index in [4.69, 9.17) is 16.3 Å². The summed E-state index contributed by atoms with van der Waals surface area (Å²) in [6, 6.07) is 12.7. The third kappa shape index (κ3) is 5.30. The summed E-state index contributed by atoms with van der Waals surface area (Å²) >= 11 is 5.88. The number of carbonyl (C=O) groups is 2. The van der Waals surface area contributed by atoms with Crippen LogP contribution < -0.4 is 15.0 Å². The minimum atomic E-state index is -0.610. The molecular formula is C23H27ClN2O3. The number of carbonyl (C=O) groups excluding carboxylic acids is 2. The van der Waals surface area contributed by atoms with E-state index in [1.54, 1.807) is 17.0 Å². The lowest BCUT2D eigenvalue weighted by atomic mass is 10.0. The van der Waals surface area contributed by atoms with Gasteiger partial charge in [0, 0.05) is 29.7 Å². The van der Waals surface area contributed by atoms with E-state index in [0.717, 1.165) is 36.3 Å². The average molecular weight is 415 g/mol. The third-order valence-electron chi connectivity index (χ3n) is 4.98. The normalized spacial score (nSPS) is 15.3. The SMILES string of the molecule is CCCCc1ccc2c(c1)C(NC(C)=O)C(=O)N2CCCOc1ccc(Cl)cc1. The Morgan fingerprint density at radius 3 is 2.62 bits per heavy atom. The Balaban J connectivity index is 1.67. The van der Waals surface area contributed by atoms with Crippen molar-refractivity contribution in [3.63, 3.8) is 0 Å². The van der Waals surface area contributed by atoms with Crippen LogP contribution in [0, 0.1) is 0 Å². The zero-order valence-electron chi connectivity index (χ0n) is 16.9. The van der Waals surface area contributed by atoms with Gasteiger partial charge in [0.1, 0.15) is 11.8 Å². The molecule has 0 radical (unpaired) electrons. The first-order valence-corrected chi connectivity index (χ1v) is 10.5. The summed E-state index contributed by atoms with van der Waals surface area (Å²) in [5.74, 6) is 0.453. The number of benzene rings is 2. The molecule has 1 N–H and O–H groups in total. The molecule has 1 heterocycles. The van der Waals surface area contributed by atoms with E-state index in [2.05, 4.69) is 24.4 Å². The van der Waals surface area contributed by atoms with Gasteiger partial charge in [-0.3, -0.25) is 9.59 Å². The van der Waals surface area contributed by atoms with E-state index in [-0.39, 0.29) is 11.8 Å². The first kappa shape index (κ1) is 21.2. The second kappa shape index (κ2) is 9.79. The minimum Gasteiger partial charge on any atom is -0.494 e. The monoisotopic (exact) mass is 414 g/mol. The molecule has 5 nitrogen and oxygen atoms in total. The fourth-order valence-corrected chi connectivity index (χ4v) is 3.67. The molecule has 0 spiro atoms. The van der Waals surface area contributed by atoms with Crippen LogP contribution in [0.3, 0.4) is 0 Å². The van der Waals surface area contributed by atoms with Crippen LogP contribution in [-0.2, 0) is 16.0 Å². The van der Waals surface area contributed by atoms with Crippen molar-refractivity contribution in [3.8, 4) is 5.75 Å². The van der Waals surface area contributed by atoms with Gasteiger partial charge in [-0.15, -0.1) is 0 Å². The molecule has 1 aliphatic rings. The Morgan fingerprint density at radius 2 is 1.93 bits per heavy atom. The first-order chi connectivity index (χ1) is 14.0. The highest BCUT2D eigenvalue weighted by Crippen LogP contribution is 2.37. The molecule has 0 fully saturated rings. The Morgan fingerprint density at radius 1 is 1.17 bits per heavy atom. The van der Waals surface area contributed by atoms with Crippen molar-refractivity contribution in [2.45, 2.75) is 45.6 Å². The van der Waals surface area contributed by atoms with Gasteiger partial charge in [0.05, 0.1) is 6.61 Å². The van der Waals surface area contributed by atoms with Gasteiger partial charge in [-0.25, -0.2) is 0 Å². The first-order valence-electron chi connectivity index (χ1n) is 10.1. The topological polar surface area (TPSA) is 58.6 Å². The van der Waals surface area contributed by atoms with Gasteiger partial charge in [-0.2, -0.15) is 0 Å². The summed E-state index contributed by atoms with van der Waals surface area (Å²) in [6.07, 6.45) is 3.87. The maximum atomic E-state index is 13.0. The molecule has 0 bridgehead atoms. The van der Waals surface area contributed by atoms with Crippen LogP contribution in [0.1, 0.15) is 50.3 Å². The van der Waals surface area contributed by atoms with Crippen LogP contribution in [0.5, 0.6) is 5.75 Å². The maximum Gasteiger partial charge on any atom is 0.254 e. The van der Waals surface area contributed by atoms with Crippen molar-refractivity contribution in [2.75, 3.05) is 18.1 Å². The standard InChI is InChI=1S/C23H27ClN2O3/c1-3-4-6-17-7-12-21-20(15-17)22(25-16(2)27)23(28)26(21)13-5-14-29-19-10-8-18(24)9-11-19/h7-12,15,22H,3-6,13-14H2,1-2H3,(H,25,27). The maximum absolute atomic E-state index is 13.0. The second-order valence-corrected chi connectivity index (χ2v) is 7.71.